The summed E-state index contributed by atoms with van der Waals surface area (Å²) in [5.41, 5.74) is 7.12. The van der Waals surface area contributed by atoms with Crippen LogP contribution in [0.25, 0.3) is 0 Å². The average Bonchev–Trinajstić information content (AvgIpc) is 2.98. The van der Waals surface area contributed by atoms with Crippen molar-refractivity contribution in [1.29, 1.82) is 0 Å². The van der Waals surface area contributed by atoms with Gasteiger partial charge in [-0.3, -0.25) is 0 Å². The van der Waals surface area contributed by atoms with Gasteiger partial charge in [-0.2, -0.15) is 0 Å². The molecule has 110 valence electrons. The Bertz CT molecular complexity index is 615. The number of rotatable bonds is 4. The fourth-order valence-electron chi connectivity index (χ4n) is 3.73. The molecule has 20 heavy (non-hydrogen) atoms. The molecule has 3 atom stereocenters. The van der Waals surface area contributed by atoms with Crippen molar-refractivity contribution in [3.05, 3.63) is 18.2 Å². The lowest BCUT2D eigenvalue weighted by Gasteiger charge is -2.23. The number of hydrogen-bond donors (Lipinski definition) is 3. The third-order valence-corrected chi connectivity index (χ3v) is 5.70. The van der Waals surface area contributed by atoms with Gasteiger partial charge in [0, 0.05) is 6.54 Å². The van der Waals surface area contributed by atoms with Crippen LogP contribution in [0, 0.1) is 17.8 Å². The summed E-state index contributed by atoms with van der Waals surface area (Å²) >= 11 is 0. The maximum absolute atomic E-state index is 11.4. The first-order valence-electron chi connectivity index (χ1n) is 7.09. The van der Waals surface area contributed by atoms with Crippen molar-refractivity contribution < 1.29 is 8.42 Å². The van der Waals surface area contributed by atoms with E-state index in [1.807, 2.05) is 0 Å². The number of hydrogen-bond acceptors (Lipinski definition) is 4. The molecule has 5 nitrogen and oxygen atoms in total. The van der Waals surface area contributed by atoms with E-state index in [2.05, 4.69) is 5.32 Å². The number of benzene rings is 1. The molecule has 2 bridgehead atoms. The Morgan fingerprint density at radius 2 is 2.05 bits per heavy atom. The van der Waals surface area contributed by atoms with Gasteiger partial charge in [-0.15, -0.1) is 0 Å². The maximum Gasteiger partial charge on any atom is 0.238 e. The van der Waals surface area contributed by atoms with Gasteiger partial charge in [0.1, 0.15) is 0 Å². The summed E-state index contributed by atoms with van der Waals surface area (Å²) in [5, 5.41) is 8.45. The van der Waals surface area contributed by atoms with E-state index in [0.717, 1.165) is 18.4 Å². The molecule has 0 aromatic heterocycles. The summed E-state index contributed by atoms with van der Waals surface area (Å²) in [7, 11) is -3.68. The lowest BCUT2D eigenvalue weighted by Crippen LogP contribution is -2.21. The molecular weight excluding hydrogens is 274 g/mol. The topological polar surface area (TPSA) is 98.2 Å². The lowest BCUT2D eigenvalue weighted by molar-refractivity contribution is 0.348. The molecule has 3 rings (SSSR count). The predicted molar refractivity (Wildman–Crippen MR) is 79.7 cm³/mol. The van der Waals surface area contributed by atoms with Gasteiger partial charge in [-0.05, 0) is 55.2 Å². The normalized spacial score (nSPS) is 28.8. The standard InChI is InChI=1S/C14H21N3O2S/c15-13-4-3-12(20(16,18)19)7-14(13)17-8-11-6-9-1-2-10(11)5-9/h3-4,7,9-11,17H,1-2,5-6,8,15H2,(H2,16,18,19). The quantitative estimate of drug-likeness (QED) is 0.737. The van der Waals surface area contributed by atoms with Gasteiger partial charge in [0.05, 0.1) is 16.3 Å². The van der Waals surface area contributed by atoms with Crippen molar-refractivity contribution in [2.24, 2.45) is 22.9 Å². The largest absolute Gasteiger partial charge is 0.397 e. The van der Waals surface area contributed by atoms with Crippen LogP contribution in [0.3, 0.4) is 0 Å². The Kier molecular flexibility index (Phi) is 3.38. The van der Waals surface area contributed by atoms with Crippen LogP contribution >= 0.6 is 0 Å². The van der Waals surface area contributed by atoms with Crippen molar-refractivity contribution >= 4 is 21.4 Å². The minimum atomic E-state index is -3.68. The Balaban J connectivity index is 1.71. The molecule has 2 aliphatic carbocycles. The van der Waals surface area contributed by atoms with Crippen LogP contribution in [0.4, 0.5) is 11.4 Å². The molecule has 2 fully saturated rings. The summed E-state index contributed by atoms with van der Waals surface area (Å²) in [5.74, 6) is 2.42. The summed E-state index contributed by atoms with van der Waals surface area (Å²) in [4.78, 5) is 0.0992. The molecule has 3 unspecified atom stereocenters. The van der Waals surface area contributed by atoms with Gasteiger partial charge in [0.25, 0.3) is 0 Å². The highest BCUT2D eigenvalue weighted by molar-refractivity contribution is 7.89. The van der Waals surface area contributed by atoms with Crippen LogP contribution in [0.5, 0.6) is 0 Å². The molecule has 6 heteroatoms. The number of nitrogens with two attached hydrogens (primary N) is 2. The third kappa shape index (κ3) is 2.62. The number of nitrogen functional groups attached to an aromatic ring is 1. The highest BCUT2D eigenvalue weighted by Crippen LogP contribution is 2.48. The second-order valence-corrected chi connectivity index (χ2v) is 7.67. The SMILES string of the molecule is Nc1ccc(S(N)(=O)=O)cc1NCC1CC2CCC1C2. The Morgan fingerprint density at radius 3 is 2.65 bits per heavy atom. The first kappa shape index (κ1) is 13.7. The van der Waals surface area contributed by atoms with Gasteiger partial charge in [0.2, 0.25) is 10.0 Å². The van der Waals surface area contributed by atoms with E-state index in [-0.39, 0.29) is 4.90 Å². The Morgan fingerprint density at radius 1 is 1.25 bits per heavy atom. The zero-order valence-electron chi connectivity index (χ0n) is 11.4. The van der Waals surface area contributed by atoms with Crippen LogP contribution in [0.2, 0.25) is 0 Å². The lowest BCUT2D eigenvalue weighted by atomic mass is 9.89. The van der Waals surface area contributed by atoms with Crippen LogP contribution in [-0.2, 0) is 10.0 Å². The van der Waals surface area contributed by atoms with E-state index in [0.29, 0.717) is 17.3 Å². The minimum absolute atomic E-state index is 0.0992. The molecule has 0 aliphatic heterocycles. The van der Waals surface area contributed by atoms with Gasteiger partial charge in [0.15, 0.2) is 0 Å². The maximum atomic E-state index is 11.4. The fourth-order valence-corrected chi connectivity index (χ4v) is 4.27. The van der Waals surface area contributed by atoms with Gasteiger partial charge >= 0.3 is 0 Å². The van der Waals surface area contributed by atoms with E-state index in [9.17, 15) is 8.42 Å². The highest BCUT2D eigenvalue weighted by Gasteiger charge is 2.39. The van der Waals surface area contributed by atoms with E-state index >= 15 is 0 Å². The zero-order chi connectivity index (χ0) is 14.3. The molecule has 0 heterocycles. The number of anilines is 2. The monoisotopic (exact) mass is 295 g/mol. The number of fused-ring (bicyclic) bond motifs is 2. The number of primary sulfonamides is 1. The second-order valence-electron chi connectivity index (χ2n) is 6.11. The first-order valence-corrected chi connectivity index (χ1v) is 8.64. The van der Waals surface area contributed by atoms with Crippen LogP contribution < -0.4 is 16.2 Å². The molecule has 1 aromatic rings. The molecule has 0 amide bonds. The molecule has 1 aromatic carbocycles. The average molecular weight is 295 g/mol. The van der Waals surface area contributed by atoms with Gasteiger partial charge < -0.3 is 11.1 Å². The Labute approximate surface area is 119 Å². The third-order valence-electron chi connectivity index (χ3n) is 4.79. The second kappa shape index (κ2) is 4.93. The predicted octanol–water partition coefficient (Wildman–Crippen LogP) is 1.76. The number of sulfonamides is 1. The van der Waals surface area contributed by atoms with Gasteiger partial charge in [-0.25, -0.2) is 13.6 Å². The van der Waals surface area contributed by atoms with Crippen LogP contribution in [0.1, 0.15) is 25.7 Å². The van der Waals surface area contributed by atoms with E-state index in [1.54, 1.807) is 6.07 Å². The van der Waals surface area contributed by atoms with Crippen molar-refractivity contribution in [1.82, 2.24) is 0 Å². The summed E-state index contributed by atoms with van der Waals surface area (Å²) in [6.45, 7) is 0.861. The van der Waals surface area contributed by atoms with Crippen molar-refractivity contribution in [2.45, 2.75) is 30.6 Å². The van der Waals surface area contributed by atoms with Crippen LogP contribution in [-0.4, -0.2) is 15.0 Å². The van der Waals surface area contributed by atoms with Crippen LogP contribution in [0.15, 0.2) is 23.1 Å². The van der Waals surface area contributed by atoms with Crippen molar-refractivity contribution in [2.75, 3.05) is 17.6 Å². The van der Waals surface area contributed by atoms with Gasteiger partial charge in [-0.1, -0.05) is 6.42 Å². The molecule has 5 N–H and O–H groups in total. The van der Waals surface area contributed by atoms with E-state index in [4.69, 9.17) is 10.9 Å². The summed E-state index contributed by atoms with van der Waals surface area (Å²) < 4.78 is 22.7. The van der Waals surface area contributed by atoms with Crippen molar-refractivity contribution in [3.63, 3.8) is 0 Å². The summed E-state index contributed by atoms with van der Waals surface area (Å²) in [6.07, 6.45) is 5.36. The first-order chi connectivity index (χ1) is 9.43. The Hall–Kier alpha value is -1.27. The zero-order valence-corrected chi connectivity index (χ0v) is 12.2. The number of nitrogens with one attached hydrogen (secondary N) is 1. The minimum Gasteiger partial charge on any atom is -0.397 e. The summed E-state index contributed by atoms with van der Waals surface area (Å²) in [6, 6.07) is 4.55. The molecule has 2 aliphatic rings. The molecule has 0 radical (unpaired) electrons. The molecule has 0 spiro atoms. The molecular formula is C14H21N3O2S. The smallest absolute Gasteiger partial charge is 0.238 e. The van der Waals surface area contributed by atoms with Crippen molar-refractivity contribution in [3.8, 4) is 0 Å². The van der Waals surface area contributed by atoms with E-state index < -0.39 is 10.0 Å². The highest BCUT2D eigenvalue weighted by atomic mass is 32.2. The fraction of sp³-hybridized carbons (Fsp3) is 0.571. The molecule has 2 saturated carbocycles. The van der Waals surface area contributed by atoms with E-state index in [1.165, 1.54) is 37.8 Å². The molecule has 0 saturated heterocycles.